The number of hydrogen-bond acceptors (Lipinski definition) is 7. The van der Waals surface area contributed by atoms with Gasteiger partial charge < -0.3 is 28.6 Å². The lowest BCUT2D eigenvalue weighted by atomic mass is 9.86. The van der Waals surface area contributed by atoms with Crippen molar-refractivity contribution in [2.45, 2.75) is 49.9 Å². The van der Waals surface area contributed by atoms with Gasteiger partial charge in [0.05, 0.1) is 12.1 Å². The summed E-state index contributed by atoms with van der Waals surface area (Å²) in [5, 5.41) is 3.67. The van der Waals surface area contributed by atoms with Crippen LogP contribution < -0.4 is 10.1 Å². The van der Waals surface area contributed by atoms with Crippen LogP contribution in [0.2, 0.25) is 0 Å². The molecule has 2 aromatic rings. The fourth-order valence-corrected chi connectivity index (χ4v) is 5.17. The average molecular weight is 453 g/mol. The third-order valence-corrected chi connectivity index (χ3v) is 7.19. The van der Waals surface area contributed by atoms with Crippen LogP contribution in [0.4, 0.5) is 0 Å². The second-order valence-electron chi connectivity index (χ2n) is 9.41. The number of nitrogens with one attached hydrogen (secondary N) is 1. The lowest BCUT2D eigenvalue weighted by Gasteiger charge is -2.44. The van der Waals surface area contributed by atoms with E-state index in [1.807, 2.05) is 18.2 Å². The molecule has 5 fully saturated rings. The van der Waals surface area contributed by atoms with Crippen LogP contribution in [0.1, 0.15) is 30.0 Å². The molecule has 7 rings (SSSR count). The highest BCUT2D eigenvalue weighted by Gasteiger charge is 2.46. The van der Waals surface area contributed by atoms with Gasteiger partial charge in [-0.05, 0) is 55.1 Å². The van der Waals surface area contributed by atoms with Gasteiger partial charge in [-0.3, -0.25) is 5.32 Å². The first-order valence-corrected chi connectivity index (χ1v) is 12.0. The van der Waals surface area contributed by atoms with Gasteiger partial charge in [0.15, 0.2) is 18.8 Å². The van der Waals surface area contributed by atoms with Gasteiger partial charge in [0, 0.05) is 13.7 Å². The molecule has 7 nitrogen and oxygen atoms in total. The number of nitrogens with zero attached hydrogens (tertiary/aromatic N) is 1. The highest BCUT2D eigenvalue weighted by atomic mass is 16.8. The van der Waals surface area contributed by atoms with E-state index in [9.17, 15) is 0 Å². The molecule has 176 valence electrons. The van der Waals surface area contributed by atoms with E-state index in [-0.39, 0.29) is 37.1 Å². The number of hydrogen-bond donors (Lipinski definition) is 1. The normalized spacial score (nSPS) is 35.2. The van der Waals surface area contributed by atoms with Crippen LogP contribution in [0.15, 0.2) is 54.6 Å². The van der Waals surface area contributed by atoms with Crippen LogP contribution in [-0.4, -0.2) is 69.3 Å². The largest absolute Gasteiger partial charge is 0.491 e. The molecular formula is C26H32N2O5. The van der Waals surface area contributed by atoms with Crippen LogP contribution in [0.5, 0.6) is 5.75 Å². The fourth-order valence-electron chi connectivity index (χ4n) is 5.17. The Morgan fingerprint density at radius 1 is 1.00 bits per heavy atom. The molecule has 2 aromatic carbocycles. The standard InChI is InChI=1S/C26H32N2O5/c1-29-25-22(32-25)16-30-20-9-5-8-19(14-20)23(18-6-3-2-4-7-18)27-24-26(33-24)31-21-15-28-12-10-17(21)11-13-28/h2-9,14,17,21-27H,10-13,15-16H2,1H3. The minimum absolute atomic E-state index is 0.00542. The molecule has 1 N–H and O–H groups in total. The Hall–Kier alpha value is -2.00. The predicted octanol–water partition coefficient (Wildman–Crippen LogP) is 2.91. The van der Waals surface area contributed by atoms with E-state index in [1.54, 1.807) is 7.11 Å². The Kier molecular flexibility index (Phi) is 6.09. The van der Waals surface area contributed by atoms with Crippen LogP contribution in [0, 0.1) is 5.92 Å². The number of benzene rings is 2. The summed E-state index contributed by atoms with van der Waals surface area (Å²) in [4.78, 5) is 2.51. The SMILES string of the molecule is COC1OC1COc1cccc(C(NC2OC2OC2CN3CCC2CC3)c2ccccc2)c1. The number of piperidine rings is 3. The molecule has 6 atom stereocenters. The first-order valence-electron chi connectivity index (χ1n) is 12.0. The second-order valence-corrected chi connectivity index (χ2v) is 9.41. The average Bonchev–Trinajstić information content (AvgIpc) is 3.79. The van der Waals surface area contributed by atoms with Gasteiger partial charge in [0.25, 0.3) is 0 Å². The molecule has 5 aliphatic rings. The summed E-state index contributed by atoms with van der Waals surface area (Å²) >= 11 is 0. The molecule has 2 bridgehead atoms. The van der Waals surface area contributed by atoms with Crippen molar-refractivity contribution in [2.24, 2.45) is 5.92 Å². The number of ether oxygens (including phenoxy) is 5. The summed E-state index contributed by atoms with van der Waals surface area (Å²) < 4.78 is 28.8. The summed E-state index contributed by atoms with van der Waals surface area (Å²) in [6.45, 7) is 3.94. The molecule has 33 heavy (non-hydrogen) atoms. The van der Waals surface area contributed by atoms with Crippen LogP contribution >= 0.6 is 0 Å². The molecule has 7 heteroatoms. The summed E-state index contributed by atoms with van der Waals surface area (Å²) in [6.07, 6.45) is 2.34. The van der Waals surface area contributed by atoms with E-state index < -0.39 is 0 Å². The summed E-state index contributed by atoms with van der Waals surface area (Å²) in [7, 11) is 1.65. The molecule has 0 saturated carbocycles. The third-order valence-electron chi connectivity index (χ3n) is 7.19. The van der Waals surface area contributed by atoms with Gasteiger partial charge >= 0.3 is 0 Å². The van der Waals surface area contributed by atoms with Gasteiger partial charge in [0.2, 0.25) is 0 Å². The van der Waals surface area contributed by atoms with E-state index in [0.717, 1.165) is 17.9 Å². The zero-order valence-electron chi connectivity index (χ0n) is 19.0. The Labute approximate surface area is 194 Å². The maximum atomic E-state index is 6.36. The Morgan fingerprint density at radius 2 is 1.82 bits per heavy atom. The van der Waals surface area contributed by atoms with Gasteiger partial charge in [-0.15, -0.1) is 0 Å². The molecule has 0 aliphatic carbocycles. The number of methoxy groups -OCH3 is 1. The van der Waals surface area contributed by atoms with Gasteiger partial charge in [-0.1, -0.05) is 42.5 Å². The zero-order chi connectivity index (χ0) is 22.2. The Balaban J connectivity index is 1.12. The minimum Gasteiger partial charge on any atom is -0.491 e. The highest BCUT2D eigenvalue weighted by molar-refractivity contribution is 5.37. The van der Waals surface area contributed by atoms with Crippen molar-refractivity contribution in [1.29, 1.82) is 0 Å². The van der Waals surface area contributed by atoms with E-state index >= 15 is 0 Å². The first kappa shape index (κ1) is 21.5. The number of rotatable bonds is 10. The molecule has 0 aromatic heterocycles. The summed E-state index contributed by atoms with van der Waals surface area (Å²) in [6, 6.07) is 18.6. The quantitative estimate of drug-likeness (QED) is 0.556. The summed E-state index contributed by atoms with van der Waals surface area (Å²) in [5.74, 6) is 1.49. The number of fused-ring (bicyclic) bond motifs is 3. The molecule has 5 saturated heterocycles. The Morgan fingerprint density at radius 3 is 2.55 bits per heavy atom. The monoisotopic (exact) mass is 452 g/mol. The van der Waals surface area contributed by atoms with Crippen molar-refractivity contribution >= 4 is 0 Å². The predicted molar refractivity (Wildman–Crippen MR) is 122 cm³/mol. The number of epoxide rings is 2. The van der Waals surface area contributed by atoms with Gasteiger partial charge in [-0.2, -0.15) is 0 Å². The first-order chi connectivity index (χ1) is 16.3. The molecule has 5 aliphatic heterocycles. The van der Waals surface area contributed by atoms with E-state index in [2.05, 4.69) is 46.6 Å². The second kappa shape index (κ2) is 9.33. The molecule has 0 radical (unpaired) electrons. The van der Waals surface area contributed by atoms with E-state index in [1.165, 1.54) is 31.5 Å². The van der Waals surface area contributed by atoms with Crippen molar-refractivity contribution in [3.8, 4) is 5.75 Å². The smallest absolute Gasteiger partial charge is 0.199 e. The van der Waals surface area contributed by atoms with Crippen molar-refractivity contribution < 1.29 is 23.7 Å². The minimum atomic E-state index is -0.181. The van der Waals surface area contributed by atoms with Crippen LogP contribution in [0.25, 0.3) is 0 Å². The molecule has 6 unspecified atom stereocenters. The lowest BCUT2D eigenvalue weighted by Crippen LogP contribution is -2.51. The topological polar surface area (TPSA) is 68.0 Å². The van der Waals surface area contributed by atoms with Crippen LogP contribution in [-0.2, 0) is 18.9 Å². The maximum absolute atomic E-state index is 6.36. The Bertz CT molecular complexity index is 935. The fraction of sp³-hybridized carbons (Fsp3) is 0.538. The van der Waals surface area contributed by atoms with E-state index in [4.69, 9.17) is 23.7 Å². The molecule has 0 spiro atoms. The van der Waals surface area contributed by atoms with Crippen molar-refractivity contribution in [3.05, 3.63) is 65.7 Å². The maximum Gasteiger partial charge on any atom is 0.199 e. The van der Waals surface area contributed by atoms with Gasteiger partial charge in [0.1, 0.15) is 18.5 Å². The van der Waals surface area contributed by atoms with Crippen molar-refractivity contribution in [1.82, 2.24) is 10.2 Å². The third kappa shape index (κ3) is 4.94. The molecular weight excluding hydrogens is 420 g/mol. The van der Waals surface area contributed by atoms with E-state index in [0.29, 0.717) is 12.5 Å². The van der Waals surface area contributed by atoms with Gasteiger partial charge in [-0.25, -0.2) is 0 Å². The van der Waals surface area contributed by atoms with Crippen molar-refractivity contribution in [2.75, 3.05) is 33.4 Å². The lowest BCUT2D eigenvalue weighted by molar-refractivity contribution is -0.100. The zero-order valence-corrected chi connectivity index (χ0v) is 19.0. The van der Waals surface area contributed by atoms with Crippen molar-refractivity contribution in [3.63, 3.8) is 0 Å². The molecule has 5 heterocycles. The summed E-state index contributed by atoms with van der Waals surface area (Å²) in [5.41, 5.74) is 2.30. The molecule has 0 amide bonds. The highest BCUT2D eigenvalue weighted by Crippen LogP contribution is 2.36. The van der Waals surface area contributed by atoms with Crippen LogP contribution in [0.3, 0.4) is 0 Å².